The highest BCUT2D eigenvalue weighted by Crippen LogP contribution is 2.39. The van der Waals surface area contributed by atoms with E-state index in [4.69, 9.17) is 0 Å². The molecule has 0 aromatic carbocycles. The van der Waals surface area contributed by atoms with Crippen molar-refractivity contribution >= 4 is 0 Å². The molecule has 0 spiro atoms. The van der Waals surface area contributed by atoms with Crippen molar-refractivity contribution in [1.29, 1.82) is 0 Å². The van der Waals surface area contributed by atoms with Crippen molar-refractivity contribution in [3.8, 4) is 0 Å². The molecule has 0 amide bonds. The van der Waals surface area contributed by atoms with Gasteiger partial charge in [0, 0.05) is 0 Å². The number of hydrogen-bond acceptors (Lipinski definition) is 1. The summed E-state index contributed by atoms with van der Waals surface area (Å²) in [4.78, 5) is 0. The van der Waals surface area contributed by atoms with E-state index >= 15 is 0 Å². The molecule has 0 heterocycles. The molecule has 0 aromatic rings. The predicted octanol–water partition coefficient (Wildman–Crippen LogP) is 3.69. The molecule has 15 heavy (non-hydrogen) atoms. The second-order valence-electron chi connectivity index (χ2n) is 5.51. The standard InChI is InChI=1S/C14H29N/c1-5-13-8-6-7-9-14(13)12(3)11(2)10-15-4/h11-15H,5-10H2,1-4H3. The SMILES string of the molecule is CCC1CCCCC1C(C)C(C)CNC. The van der Waals surface area contributed by atoms with Crippen molar-refractivity contribution in [2.75, 3.05) is 13.6 Å². The van der Waals surface area contributed by atoms with Gasteiger partial charge in [0.25, 0.3) is 0 Å². The second-order valence-corrected chi connectivity index (χ2v) is 5.51. The van der Waals surface area contributed by atoms with E-state index in [0.717, 1.165) is 23.7 Å². The van der Waals surface area contributed by atoms with Gasteiger partial charge in [0.05, 0.1) is 0 Å². The lowest BCUT2D eigenvalue weighted by Gasteiger charge is -2.38. The van der Waals surface area contributed by atoms with Gasteiger partial charge in [-0.3, -0.25) is 0 Å². The molecule has 1 N–H and O–H groups in total. The molecule has 1 saturated carbocycles. The summed E-state index contributed by atoms with van der Waals surface area (Å²) in [6.45, 7) is 8.43. The summed E-state index contributed by atoms with van der Waals surface area (Å²) in [6, 6.07) is 0. The molecule has 1 aliphatic rings. The first-order valence-electron chi connectivity index (χ1n) is 6.85. The Labute approximate surface area is 96.0 Å². The summed E-state index contributed by atoms with van der Waals surface area (Å²) in [5, 5.41) is 3.32. The topological polar surface area (TPSA) is 12.0 Å². The largest absolute Gasteiger partial charge is 0.319 e. The van der Waals surface area contributed by atoms with Gasteiger partial charge in [0.1, 0.15) is 0 Å². The summed E-state index contributed by atoms with van der Waals surface area (Å²) >= 11 is 0. The van der Waals surface area contributed by atoms with Crippen LogP contribution < -0.4 is 5.32 Å². The Kier molecular flexibility index (Phi) is 5.66. The zero-order valence-corrected chi connectivity index (χ0v) is 11.1. The fourth-order valence-electron chi connectivity index (χ4n) is 3.37. The van der Waals surface area contributed by atoms with Crippen LogP contribution in [0.3, 0.4) is 0 Å². The van der Waals surface area contributed by atoms with Crippen LogP contribution in [0, 0.1) is 23.7 Å². The normalized spacial score (nSPS) is 31.2. The predicted molar refractivity (Wildman–Crippen MR) is 68.0 cm³/mol. The van der Waals surface area contributed by atoms with Gasteiger partial charge in [-0.25, -0.2) is 0 Å². The quantitative estimate of drug-likeness (QED) is 0.731. The van der Waals surface area contributed by atoms with E-state index in [0.29, 0.717) is 0 Å². The maximum atomic E-state index is 3.32. The molecular formula is C14H29N. The fraction of sp³-hybridized carbons (Fsp3) is 1.00. The first-order chi connectivity index (χ1) is 7.20. The van der Waals surface area contributed by atoms with Crippen LogP contribution >= 0.6 is 0 Å². The van der Waals surface area contributed by atoms with Gasteiger partial charge in [-0.15, -0.1) is 0 Å². The number of hydrogen-bond donors (Lipinski definition) is 1. The highest BCUT2D eigenvalue weighted by molar-refractivity contribution is 4.81. The molecule has 1 aliphatic carbocycles. The zero-order valence-electron chi connectivity index (χ0n) is 11.1. The highest BCUT2D eigenvalue weighted by Gasteiger charge is 2.30. The molecule has 0 radical (unpaired) electrons. The van der Waals surface area contributed by atoms with E-state index in [-0.39, 0.29) is 0 Å². The Morgan fingerprint density at radius 1 is 1.20 bits per heavy atom. The van der Waals surface area contributed by atoms with E-state index in [1.807, 2.05) is 0 Å². The molecule has 1 nitrogen and oxygen atoms in total. The summed E-state index contributed by atoms with van der Waals surface area (Å²) in [7, 11) is 2.07. The van der Waals surface area contributed by atoms with Crippen LogP contribution in [0.25, 0.3) is 0 Å². The van der Waals surface area contributed by atoms with Crippen LogP contribution in [0.5, 0.6) is 0 Å². The van der Waals surface area contributed by atoms with Crippen LogP contribution in [-0.2, 0) is 0 Å². The van der Waals surface area contributed by atoms with Gasteiger partial charge in [-0.05, 0) is 43.7 Å². The first kappa shape index (κ1) is 13.0. The Bertz CT molecular complexity index is 167. The molecule has 0 saturated heterocycles. The average molecular weight is 211 g/mol. The monoisotopic (exact) mass is 211 g/mol. The molecule has 1 rings (SSSR count). The van der Waals surface area contributed by atoms with Crippen LogP contribution in [0.15, 0.2) is 0 Å². The van der Waals surface area contributed by atoms with Crippen LogP contribution in [0.1, 0.15) is 52.9 Å². The molecule has 90 valence electrons. The molecule has 0 aliphatic heterocycles. The number of nitrogens with one attached hydrogen (secondary N) is 1. The van der Waals surface area contributed by atoms with Crippen molar-refractivity contribution in [2.24, 2.45) is 23.7 Å². The highest BCUT2D eigenvalue weighted by atomic mass is 14.8. The van der Waals surface area contributed by atoms with Crippen molar-refractivity contribution in [3.63, 3.8) is 0 Å². The molecule has 1 fully saturated rings. The third-order valence-electron chi connectivity index (χ3n) is 4.59. The van der Waals surface area contributed by atoms with E-state index in [1.54, 1.807) is 0 Å². The summed E-state index contributed by atoms with van der Waals surface area (Å²) in [6.07, 6.45) is 7.30. The van der Waals surface area contributed by atoms with E-state index in [9.17, 15) is 0 Å². The van der Waals surface area contributed by atoms with Gasteiger partial charge in [0.2, 0.25) is 0 Å². The van der Waals surface area contributed by atoms with Crippen molar-refractivity contribution in [1.82, 2.24) is 5.32 Å². The Morgan fingerprint density at radius 2 is 1.87 bits per heavy atom. The molecule has 0 aromatic heterocycles. The van der Waals surface area contributed by atoms with E-state index in [2.05, 4.69) is 33.1 Å². The van der Waals surface area contributed by atoms with Crippen LogP contribution in [0.4, 0.5) is 0 Å². The minimum Gasteiger partial charge on any atom is -0.319 e. The van der Waals surface area contributed by atoms with E-state index < -0.39 is 0 Å². The smallest absolute Gasteiger partial charge is 0.00235 e. The third-order valence-corrected chi connectivity index (χ3v) is 4.59. The Balaban J connectivity index is 2.50. The molecule has 4 atom stereocenters. The molecule has 1 heteroatoms. The lowest BCUT2D eigenvalue weighted by atomic mass is 9.68. The van der Waals surface area contributed by atoms with E-state index in [1.165, 1.54) is 38.6 Å². The maximum absolute atomic E-state index is 3.32. The minimum absolute atomic E-state index is 0.826. The van der Waals surface area contributed by atoms with Gasteiger partial charge in [-0.2, -0.15) is 0 Å². The lowest BCUT2D eigenvalue weighted by Crippen LogP contribution is -2.32. The second kappa shape index (κ2) is 6.52. The number of rotatable bonds is 5. The minimum atomic E-state index is 0.826. The van der Waals surface area contributed by atoms with Gasteiger partial charge in [0.15, 0.2) is 0 Å². The van der Waals surface area contributed by atoms with Gasteiger partial charge >= 0.3 is 0 Å². The third kappa shape index (κ3) is 3.48. The Morgan fingerprint density at radius 3 is 2.47 bits per heavy atom. The van der Waals surface area contributed by atoms with Crippen molar-refractivity contribution in [3.05, 3.63) is 0 Å². The molecule has 0 bridgehead atoms. The fourth-order valence-corrected chi connectivity index (χ4v) is 3.37. The zero-order chi connectivity index (χ0) is 11.3. The Hall–Kier alpha value is -0.0400. The summed E-state index contributed by atoms with van der Waals surface area (Å²) in [5.41, 5.74) is 0. The van der Waals surface area contributed by atoms with Crippen molar-refractivity contribution in [2.45, 2.75) is 52.9 Å². The molecular weight excluding hydrogens is 182 g/mol. The van der Waals surface area contributed by atoms with Gasteiger partial charge in [-0.1, -0.05) is 46.5 Å². The van der Waals surface area contributed by atoms with Crippen molar-refractivity contribution < 1.29 is 0 Å². The average Bonchev–Trinajstić information content (AvgIpc) is 2.28. The summed E-state index contributed by atoms with van der Waals surface area (Å²) in [5.74, 6) is 3.72. The molecule has 4 unspecified atom stereocenters. The maximum Gasteiger partial charge on any atom is -0.00235 e. The van der Waals surface area contributed by atoms with Crippen LogP contribution in [-0.4, -0.2) is 13.6 Å². The van der Waals surface area contributed by atoms with Crippen LogP contribution in [0.2, 0.25) is 0 Å². The lowest BCUT2D eigenvalue weighted by molar-refractivity contribution is 0.129. The van der Waals surface area contributed by atoms with Gasteiger partial charge < -0.3 is 5.32 Å². The summed E-state index contributed by atoms with van der Waals surface area (Å²) < 4.78 is 0. The first-order valence-corrected chi connectivity index (χ1v) is 6.85.